The first kappa shape index (κ1) is 17.0. The van der Waals surface area contributed by atoms with Crippen LogP contribution in [0.25, 0.3) is 11.0 Å². The van der Waals surface area contributed by atoms with Crippen molar-refractivity contribution < 1.29 is 13.9 Å². The lowest BCUT2D eigenvalue weighted by atomic mass is 10.0. The number of carbonyl (C=O) groups is 1. The molecule has 0 aliphatic heterocycles. The Labute approximate surface area is 146 Å². The van der Waals surface area contributed by atoms with Crippen molar-refractivity contribution in [2.24, 2.45) is 0 Å². The van der Waals surface area contributed by atoms with Gasteiger partial charge < -0.3 is 9.15 Å². The number of fused-ring (bicyclic) bond motifs is 1. The average Bonchev–Trinajstić information content (AvgIpc) is 2.59. The number of carbonyl (C=O) groups excluding carboxylic acids is 1. The summed E-state index contributed by atoms with van der Waals surface area (Å²) in [4.78, 5) is 24.5. The molecule has 0 radical (unpaired) electrons. The average molecular weight is 336 g/mol. The number of ketones is 1. The topological polar surface area (TPSA) is 56.5 Å². The van der Waals surface area contributed by atoms with E-state index in [1.54, 1.807) is 32.0 Å². The summed E-state index contributed by atoms with van der Waals surface area (Å²) in [5, 5.41) is 0.732. The second-order valence-electron chi connectivity index (χ2n) is 6.27. The summed E-state index contributed by atoms with van der Waals surface area (Å²) >= 11 is 0. The molecule has 0 unspecified atom stereocenters. The van der Waals surface area contributed by atoms with Gasteiger partial charge in [0.2, 0.25) is 5.78 Å². The molecule has 1 atom stereocenters. The molecule has 0 saturated carbocycles. The van der Waals surface area contributed by atoms with E-state index in [9.17, 15) is 9.59 Å². The highest BCUT2D eigenvalue weighted by atomic mass is 16.5. The van der Waals surface area contributed by atoms with E-state index in [-0.39, 0.29) is 11.4 Å². The standard InChI is InChI=1S/C21H20O4/c1-12-10-17(19-13(2)14(3)21(23)25-18(19)11-12)24-15(4)20(22)16-8-6-5-7-9-16/h5-11,15H,1-4H3/t15-/m1/s1. The Morgan fingerprint density at radius 1 is 1.04 bits per heavy atom. The van der Waals surface area contributed by atoms with E-state index in [4.69, 9.17) is 9.15 Å². The maximum atomic E-state index is 12.6. The quantitative estimate of drug-likeness (QED) is 0.524. The number of aryl methyl sites for hydroxylation is 2. The summed E-state index contributed by atoms with van der Waals surface area (Å²) in [6.45, 7) is 7.21. The molecule has 3 rings (SSSR count). The fourth-order valence-electron chi connectivity index (χ4n) is 2.86. The van der Waals surface area contributed by atoms with Crippen LogP contribution in [0.5, 0.6) is 5.75 Å². The molecule has 3 aromatic rings. The van der Waals surface area contributed by atoms with Gasteiger partial charge in [0.05, 0.1) is 5.39 Å². The molecule has 0 N–H and O–H groups in total. The summed E-state index contributed by atoms with van der Waals surface area (Å²) in [6.07, 6.45) is -0.654. The SMILES string of the molecule is Cc1cc(O[C@H](C)C(=O)c2ccccc2)c2c(C)c(C)c(=O)oc2c1. The van der Waals surface area contributed by atoms with Crippen LogP contribution in [0.1, 0.15) is 34.0 Å². The smallest absolute Gasteiger partial charge is 0.339 e. The van der Waals surface area contributed by atoms with E-state index in [1.165, 1.54) is 0 Å². The number of rotatable bonds is 4. The van der Waals surface area contributed by atoms with Crippen LogP contribution >= 0.6 is 0 Å². The lowest BCUT2D eigenvalue weighted by Gasteiger charge is -2.17. The van der Waals surface area contributed by atoms with E-state index in [1.807, 2.05) is 38.1 Å². The third kappa shape index (κ3) is 3.20. The number of benzene rings is 2. The van der Waals surface area contributed by atoms with Gasteiger partial charge in [-0.25, -0.2) is 4.79 Å². The van der Waals surface area contributed by atoms with E-state index in [0.717, 1.165) is 16.5 Å². The van der Waals surface area contributed by atoms with E-state index in [2.05, 4.69) is 0 Å². The first-order valence-electron chi connectivity index (χ1n) is 8.19. The summed E-state index contributed by atoms with van der Waals surface area (Å²) in [5.41, 5.74) is 2.97. The van der Waals surface area contributed by atoms with Crippen molar-refractivity contribution in [3.8, 4) is 5.75 Å². The third-order valence-corrected chi connectivity index (χ3v) is 4.39. The van der Waals surface area contributed by atoms with Gasteiger partial charge >= 0.3 is 5.63 Å². The highest BCUT2D eigenvalue weighted by Gasteiger charge is 2.20. The van der Waals surface area contributed by atoms with E-state index < -0.39 is 6.10 Å². The van der Waals surface area contributed by atoms with Crippen LogP contribution in [-0.2, 0) is 0 Å². The van der Waals surface area contributed by atoms with Gasteiger partial charge in [-0.3, -0.25) is 4.79 Å². The van der Waals surface area contributed by atoms with Gasteiger partial charge in [-0.05, 0) is 51.0 Å². The molecule has 0 amide bonds. The van der Waals surface area contributed by atoms with Crippen molar-refractivity contribution in [3.63, 3.8) is 0 Å². The Bertz CT molecular complexity index is 1000. The van der Waals surface area contributed by atoms with Gasteiger partial charge in [-0.15, -0.1) is 0 Å². The van der Waals surface area contributed by atoms with Gasteiger partial charge in [-0.1, -0.05) is 30.3 Å². The molecular weight excluding hydrogens is 316 g/mol. The Morgan fingerprint density at radius 2 is 1.72 bits per heavy atom. The minimum absolute atomic E-state index is 0.0954. The highest BCUT2D eigenvalue weighted by Crippen LogP contribution is 2.31. The monoisotopic (exact) mass is 336 g/mol. The fraction of sp³-hybridized carbons (Fsp3) is 0.238. The fourth-order valence-corrected chi connectivity index (χ4v) is 2.86. The normalized spacial score (nSPS) is 12.2. The molecule has 4 nitrogen and oxygen atoms in total. The van der Waals surface area contributed by atoms with Crippen LogP contribution < -0.4 is 10.4 Å². The van der Waals surface area contributed by atoms with Crippen LogP contribution in [0.2, 0.25) is 0 Å². The summed E-state index contributed by atoms with van der Waals surface area (Å²) in [6, 6.07) is 12.7. The van der Waals surface area contributed by atoms with Crippen LogP contribution in [-0.4, -0.2) is 11.9 Å². The van der Waals surface area contributed by atoms with Crippen LogP contribution in [0.3, 0.4) is 0 Å². The zero-order valence-electron chi connectivity index (χ0n) is 14.8. The maximum Gasteiger partial charge on any atom is 0.339 e. The van der Waals surface area contributed by atoms with Crippen molar-refractivity contribution in [1.82, 2.24) is 0 Å². The molecule has 0 saturated heterocycles. The maximum absolute atomic E-state index is 12.6. The molecule has 0 bridgehead atoms. The Morgan fingerprint density at radius 3 is 2.40 bits per heavy atom. The number of hydrogen-bond donors (Lipinski definition) is 0. The summed E-state index contributed by atoms with van der Waals surface area (Å²) < 4.78 is 11.4. The molecule has 1 aromatic heterocycles. The zero-order chi connectivity index (χ0) is 18.1. The highest BCUT2D eigenvalue weighted by molar-refractivity contribution is 5.99. The molecule has 0 aliphatic carbocycles. The Kier molecular flexibility index (Phi) is 4.45. The largest absolute Gasteiger partial charge is 0.482 e. The van der Waals surface area contributed by atoms with Gasteiger partial charge in [0.15, 0.2) is 6.10 Å². The molecule has 0 aliphatic rings. The molecule has 4 heteroatoms. The van der Waals surface area contributed by atoms with Crippen molar-refractivity contribution in [3.05, 3.63) is 75.1 Å². The van der Waals surface area contributed by atoms with Crippen LogP contribution in [0.15, 0.2) is 51.7 Å². The van der Waals surface area contributed by atoms with Crippen molar-refractivity contribution in [2.75, 3.05) is 0 Å². The molecule has 2 aromatic carbocycles. The van der Waals surface area contributed by atoms with Crippen molar-refractivity contribution in [1.29, 1.82) is 0 Å². The zero-order valence-corrected chi connectivity index (χ0v) is 14.8. The minimum atomic E-state index is -0.654. The lowest BCUT2D eigenvalue weighted by Crippen LogP contribution is -2.24. The Hall–Kier alpha value is -2.88. The van der Waals surface area contributed by atoms with Crippen LogP contribution in [0.4, 0.5) is 0 Å². The number of ether oxygens (including phenoxy) is 1. The number of hydrogen-bond acceptors (Lipinski definition) is 4. The van der Waals surface area contributed by atoms with Crippen molar-refractivity contribution >= 4 is 16.8 Å². The summed E-state index contributed by atoms with van der Waals surface area (Å²) in [5.74, 6) is 0.457. The van der Waals surface area contributed by atoms with Gasteiger partial charge in [0.25, 0.3) is 0 Å². The molecule has 128 valence electrons. The lowest BCUT2D eigenvalue weighted by molar-refractivity contribution is 0.0820. The second kappa shape index (κ2) is 6.55. The summed E-state index contributed by atoms with van der Waals surface area (Å²) in [7, 11) is 0. The minimum Gasteiger partial charge on any atom is -0.482 e. The first-order chi connectivity index (χ1) is 11.9. The molecular formula is C21H20O4. The first-order valence-corrected chi connectivity index (χ1v) is 8.19. The molecule has 0 fully saturated rings. The molecule has 1 heterocycles. The predicted octanol–water partition coefficient (Wildman–Crippen LogP) is 4.37. The van der Waals surface area contributed by atoms with E-state index in [0.29, 0.717) is 22.5 Å². The van der Waals surface area contributed by atoms with E-state index >= 15 is 0 Å². The molecule has 25 heavy (non-hydrogen) atoms. The second-order valence-corrected chi connectivity index (χ2v) is 6.27. The van der Waals surface area contributed by atoms with Gasteiger partial charge in [0.1, 0.15) is 11.3 Å². The number of Topliss-reactive ketones (excluding diaryl/α,β-unsaturated/α-hetero) is 1. The predicted molar refractivity (Wildman–Crippen MR) is 97.6 cm³/mol. The van der Waals surface area contributed by atoms with Crippen molar-refractivity contribution in [2.45, 2.75) is 33.8 Å². The molecule has 0 spiro atoms. The third-order valence-electron chi connectivity index (χ3n) is 4.39. The van der Waals surface area contributed by atoms with Crippen LogP contribution in [0, 0.1) is 20.8 Å². The Balaban J connectivity index is 2.05. The van der Waals surface area contributed by atoms with Gasteiger partial charge in [-0.2, -0.15) is 0 Å². The van der Waals surface area contributed by atoms with Gasteiger partial charge in [0, 0.05) is 11.1 Å².